The van der Waals surface area contributed by atoms with Crippen LogP contribution in [0, 0.1) is 11.3 Å². The molecule has 2 fully saturated rings. The normalized spacial score (nSPS) is 34.0. The molecular weight excluding hydrogens is 260 g/mol. The third-order valence-electron chi connectivity index (χ3n) is 5.53. The third kappa shape index (κ3) is 4.67. The van der Waals surface area contributed by atoms with Gasteiger partial charge in [0, 0.05) is 25.7 Å². The van der Waals surface area contributed by atoms with E-state index in [1.165, 1.54) is 45.2 Å². The summed E-state index contributed by atoms with van der Waals surface area (Å²) >= 11 is 0. The first-order chi connectivity index (χ1) is 10.1. The van der Waals surface area contributed by atoms with Crippen molar-refractivity contribution in [2.45, 2.75) is 71.4 Å². The highest BCUT2D eigenvalue weighted by Gasteiger charge is 2.38. The first-order valence-electron chi connectivity index (χ1n) is 9.08. The molecule has 21 heavy (non-hydrogen) atoms. The predicted molar refractivity (Wildman–Crippen MR) is 89.7 cm³/mol. The minimum absolute atomic E-state index is 0.436. The molecule has 0 aromatic carbocycles. The van der Waals surface area contributed by atoms with Crippen molar-refractivity contribution in [3.63, 3.8) is 0 Å². The maximum atomic E-state index is 5.99. The van der Waals surface area contributed by atoms with Crippen LogP contribution in [-0.2, 0) is 4.74 Å². The second-order valence-corrected chi connectivity index (χ2v) is 7.80. The zero-order chi connectivity index (χ0) is 15.3. The van der Waals surface area contributed by atoms with E-state index in [-0.39, 0.29) is 0 Å². The molecular formula is C18H36N2O. The third-order valence-corrected chi connectivity index (χ3v) is 5.53. The lowest BCUT2D eigenvalue weighted by Gasteiger charge is -2.46. The van der Waals surface area contributed by atoms with E-state index in [2.05, 4.69) is 38.0 Å². The first-order valence-corrected chi connectivity index (χ1v) is 9.08. The molecule has 1 heterocycles. The van der Waals surface area contributed by atoms with Gasteiger partial charge in [-0.2, -0.15) is 0 Å². The van der Waals surface area contributed by atoms with Crippen molar-refractivity contribution < 1.29 is 4.74 Å². The van der Waals surface area contributed by atoms with Crippen LogP contribution in [0.5, 0.6) is 0 Å². The fourth-order valence-electron chi connectivity index (χ4n) is 4.53. The van der Waals surface area contributed by atoms with Crippen molar-refractivity contribution >= 4 is 0 Å². The summed E-state index contributed by atoms with van der Waals surface area (Å²) in [5, 5.41) is 3.62. The van der Waals surface area contributed by atoms with Crippen molar-refractivity contribution in [2.75, 3.05) is 33.3 Å². The van der Waals surface area contributed by atoms with E-state index >= 15 is 0 Å². The molecule has 0 aromatic rings. The van der Waals surface area contributed by atoms with E-state index in [0.29, 0.717) is 17.6 Å². The molecule has 0 radical (unpaired) electrons. The van der Waals surface area contributed by atoms with Gasteiger partial charge in [0.25, 0.3) is 0 Å². The number of hydrogen-bond acceptors (Lipinski definition) is 3. The zero-order valence-electron chi connectivity index (χ0n) is 14.7. The van der Waals surface area contributed by atoms with Crippen LogP contribution in [0.3, 0.4) is 0 Å². The van der Waals surface area contributed by atoms with Gasteiger partial charge in [0.1, 0.15) is 0 Å². The smallest absolute Gasteiger partial charge is 0.0702 e. The van der Waals surface area contributed by atoms with Crippen molar-refractivity contribution in [2.24, 2.45) is 11.3 Å². The van der Waals surface area contributed by atoms with Crippen LogP contribution in [0.1, 0.15) is 59.3 Å². The summed E-state index contributed by atoms with van der Waals surface area (Å²) in [6.07, 6.45) is 8.29. The highest BCUT2D eigenvalue weighted by Crippen LogP contribution is 2.39. The van der Waals surface area contributed by atoms with E-state index in [1.807, 2.05) is 0 Å². The van der Waals surface area contributed by atoms with Gasteiger partial charge in [-0.15, -0.1) is 0 Å². The summed E-state index contributed by atoms with van der Waals surface area (Å²) < 4.78 is 5.99. The molecule has 1 saturated heterocycles. The van der Waals surface area contributed by atoms with E-state index in [1.54, 1.807) is 0 Å². The van der Waals surface area contributed by atoms with Gasteiger partial charge in [0.15, 0.2) is 0 Å². The monoisotopic (exact) mass is 296 g/mol. The van der Waals surface area contributed by atoms with Crippen LogP contribution in [0.2, 0.25) is 0 Å². The van der Waals surface area contributed by atoms with E-state index < -0.39 is 0 Å². The van der Waals surface area contributed by atoms with Gasteiger partial charge >= 0.3 is 0 Å². The van der Waals surface area contributed by atoms with Gasteiger partial charge < -0.3 is 15.0 Å². The maximum absolute atomic E-state index is 5.99. The van der Waals surface area contributed by atoms with E-state index in [4.69, 9.17) is 4.74 Å². The number of nitrogens with one attached hydrogen (secondary N) is 1. The Morgan fingerprint density at radius 2 is 2.05 bits per heavy atom. The molecule has 0 bridgehead atoms. The summed E-state index contributed by atoms with van der Waals surface area (Å²) in [6.45, 7) is 11.7. The number of nitrogens with zero attached hydrogens (tertiary/aromatic N) is 1. The highest BCUT2D eigenvalue weighted by atomic mass is 16.5. The maximum Gasteiger partial charge on any atom is 0.0702 e. The Hall–Kier alpha value is -0.120. The molecule has 3 atom stereocenters. The van der Waals surface area contributed by atoms with Crippen molar-refractivity contribution in [1.29, 1.82) is 0 Å². The Balaban J connectivity index is 1.87. The van der Waals surface area contributed by atoms with Gasteiger partial charge in [-0.1, -0.05) is 27.2 Å². The second kappa shape index (κ2) is 7.94. The van der Waals surface area contributed by atoms with Crippen LogP contribution in [0.15, 0.2) is 0 Å². The van der Waals surface area contributed by atoms with Gasteiger partial charge in [0.05, 0.1) is 6.10 Å². The number of ether oxygens (including phenoxy) is 1. The Bertz CT molecular complexity index is 306. The van der Waals surface area contributed by atoms with Crippen LogP contribution in [0.4, 0.5) is 0 Å². The molecule has 3 nitrogen and oxygen atoms in total. The SMILES string of the molecule is CCCOC1CCCN(CC2CCCC(C)(C)C2NC)C1. The average molecular weight is 296 g/mol. The fourth-order valence-corrected chi connectivity index (χ4v) is 4.53. The quantitative estimate of drug-likeness (QED) is 0.814. The Morgan fingerprint density at radius 3 is 2.76 bits per heavy atom. The molecule has 0 aromatic heterocycles. The van der Waals surface area contributed by atoms with Gasteiger partial charge in [-0.3, -0.25) is 0 Å². The average Bonchev–Trinajstić information content (AvgIpc) is 2.45. The molecule has 3 unspecified atom stereocenters. The molecule has 1 aliphatic carbocycles. The summed E-state index contributed by atoms with van der Waals surface area (Å²) in [4.78, 5) is 2.67. The van der Waals surface area contributed by atoms with Crippen molar-refractivity contribution in [1.82, 2.24) is 10.2 Å². The number of rotatable bonds is 6. The lowest BCUT2D eigenvalue weighted by Crippen LogP contribution is -2.53. The van der Waals surface area contributed by atoms with Crippen LogP contribution in [-0.4, -0.2) is 50.3 Å². The highest BCUT2D eigenvalue weighted by molar-refractivity contribution is 4.94. The molecule has 1 N–H and O–H groups in total. The van der Waals surface area contributed by atoms with Crippen molar-refractivity contribution in [3.8, 4) is 0 Å². The number of hydrogen-bond donors (Lipinski definition) is 1. The standard InChI is InChI=1S/C18H36N2O/c1-5-12-21-16-9-7-11-20(14-16)13-15-8-6-10-18(2,3)17(15)19-4/h15-17,19H,5-14H2,1-4H3. The van der Waals surface area contributed by atoms with Crippen LogP contribution >= 0.6 is 0 Å². The topological polar surface area (TPSA) is 24.5 Å². The number of piperidine rings is 1. The summed E-state index contributed by atoms with van der Waals surface area (Å²) in [5.74, 6) is 0.795. The van der Waals surface area contributed by atoms with Crippen molar-refractivity contribution in [3.05, 3.63) is 0 Å². The second-order valence-electron chi connectivity index (χ2n) is 7.80. The molecule has 2 rings (SSSR count). The van der Waals surface area contributed by atoms with Gasteiger partial charge in [-0.05, 0) is 57.0 Å². The van der Waals surface area contributed by atoms with Crippen LogP contribution in [0.25, 0.3) is 0 Å². The Morgan fingerprint density at radius 1 is 1.24 bits per heavy atom. The predicted octanol–water partition coefficient (Wildman–Crippen LogP) is 3.29. The number of likely N-dealkylation sites (tertiary alicyclic amines) is 1. The molecule has 3 heteroatoms. The molecule has 0 amide bonds. The fraction of sp³-hybridized carbons (Fsp3) is 1.00. The largest absolute Gasteiger partial charge is 0.377 e. The lowest BCUT2D eigenvalue weighted by atomic mass is 9.67. The zero-order valence-corrected chi connectivity index (χ0v) is 14.7. The molecule has 0 spiro atoms. The minimum atomic E-state index is 0.436. The van der Waals surface area contributed by atoms with Crippen LogP contribution < -0.4 is 5.32 Å². The van der Waals surface area contributed by atoms with E-state index in [0.717, 1.165) is 25.5 Å². The molecule has 1 aliphatic heterocycles. The van der Waals surface area contributed by atoms with Gasteiger partial charge in [-0.25, -0.2) is 0 Å². The first kappa shape index (κ1) is 17.2. The summed E-state index contributed by atoms with van der Waals surface area (Å²) in [7, 11) is 2.15. The summed E-state index contributed by atoms with van der Waals surface area (Å²) in [5.41, 5.74) is 0.436. The molecule has 124 valence electrons. The van der Waals surface area contributed by atoms with E-state index in [9.17, 15) is 0 Å². The molecule has 1 saturated carbocycles. The summed E-state index contributed by atoms with van der Waals surface area (Å²) in [6, 6.07) is 0.656. The Kier molecular flexibility index (Phi) is 6.51. The van der Waals surface area contributed by atoms with Gasteiger partial charge in [0.2, 0.25) is 0 Å². The Labute approximate surface area is 131 Å². The molecule has 2 aliphatic rings. The lowest BCUT2D eigenvalue weighted by molar-refractivity contribution is -0.0119. The minimum Gasteiger partial charge on any atom is -0.377 e.